The second kappa shape index (κ2) is 9.37. The highest BCUT2D eigenvalue weighted by molar-refractivity contribution is 8.00. The van der Waals surface area contributed by atoms with Crippen molar-refractivity contribution in [1.82, 2.24) is 10.4 Å². The molecule has 3 rings (SSSR count). The predicted molar refractivity (Wildman–Crippen MR) is 115 cm³/mol. The van der Waals surface area contributed by atoms with Crippen molar-refractivity contribution in [1.29, 1.82) is 0 Å². The quantitative estimate of drug-likeness (QED) is 0.365. The van der Waals surface area contributed by atoms with Crippen molar-refractivity contribution in [2.45, 2.75) is 25.7 Å². The van der Waals surface area contributed by atoms with Gasteiger partial charge in [0.15, 0.2) is 0 Å². The fourth-order valence-corrected chi connectivity index (χ4v) is 3.70. The smallest absolute Gasteiger partial charge is 0.250 e. The Kier molecular flexibility index (Phi) is 6.66. The number of thioether (sulfide) groups is 1. The molecule has 0 saturated heterocycles. The summed E-state index contributed by atoms with van der Waals surface area (Å²) in [6.07, 6.45) is 1.62. The molecule has 144 valence electrons. The molecular formula is C22H23N3O2S. The number of carbonyl (C=O) groups excluding carboxylic acids is 1. The summed E-state index contributed by atoms with van der Waals surface area (Å²) in [4.78, 5) is 17.8. The number of rotatable bonds is 7. The van der Waals surface area contributed by atoms with E-state index in [-0.39, 0.29) is 11.7 Å². The number of aromatic nitrogens is 1. The van der Waals surface area contributed by atoms with E-state index in [9.17, 15) is 4.79 Å². The van der Waals surface area contributed by atoms with Crippen LogP contribution in [-0.2, 0) is 4.79 Å². The second-order valence-corrected chi connectivity index (χ2v) is 7.33. The number of aryl methyl sites for hydroxylation is 2. The third-order valence-electron chi connectivity index (χ3n) is 4.08. The lowest BCUT2D eigenvalue weighted by Gasteiger charge is -2.09. The second-order valence-electron chi connectivity index (χ2n) is 6.32. The number of hydrogen-bond donors (Lipinski definition) is 1. The zero-order valence-corrected chi connectivity index (χ0v) is 17.0. The minimum absolute atomic E-state index is 0.151. The van der Waals surface area contributed by atoms with Gasteiger partial charge in [0.2, 0.25) is 5.91 Å². The highest BCUT2D eigenvalue weighted by atomic mass is 32.2. The van der Waals surface area contributed by atoms with Crippen LogP contribution < -0.4 is 10.2 Å². The van der Waals surface area contributed by atoms with Crippen LogP contribution in [0.3, 0.4) is 0 Å². The summed E-state index contributed by atoms with van der Waals surface area (Å²) in [6.45, 7) is 6.59. The van der Waals surface area contributed by atoms with Gasteiger partial charge in [-0.2, -0.15) is 5.10 Å². The highest BCUT2D eigenvalue weighted by Gasteiger charge is 2.09. The molecule has 5 nitrogen and oxygen atoms in total. The average Bonchev–Trinajstić information content (AvgIpc) is 2.68. The SMILES string of the molecule is CCOc1ccc(/C=N/NC(=O)CSc2cc(C)nc3c(C)cccc23)cc1. The van der Waals surface area contributed by atoms with Gasteiger partial charge in [-0.25, -0.2) is 5.43 Å². The zero-order valence-electron chi connectivity index (χ0n) is 16.2. The van der Waals surface area contributed by atoms with Gasteiger partial charge in [0.05, 0.1) is 24.1 Å². The van der Waals surface area contributed by atoms with Crippen LogP contribution in [0.4, 0.5) is 0 Å². The molecule has 6 heteroatoms. The fraction of sp³-hybridized carbons (Fsp3) is 0.227. The molecule has 0 aliphatic rings. The molecule has 1 N–H and O–H groups in total. The summed E-state index contributed by atoms with van der Waals surface area (Å²) >= 11 is 1.49. The molecule has 0 fully saturated rings. The van der Waals surface area contributed by atoms with E-state index in [1.165, 1.54) is 11.8 Å². The van der Waals surface area contributed by atoms with Gasteiger partial charge in [-0.05, 0) is 62.2 Å². The van der Waals surface area contributed by atoms with E-state index < -0.39 is 0 Å². The molecule has 1 amide bonds. The molecule has 3 aromatic rings. The number of nitrogens with zero attached hydrogens (tertiary/aromatic N) is 2. The maximum absolute atomic E-state index is 12.2. The summed E-state index contributed by atoms with van der Waals surface area (Å²) in [5.74, 6) is 0.949. The van der Waals surface area contributed by atoms with Crippen LogP contribution in [0.5, 0.6) is 5.75 Å². The number of para-hydroxylation sites is 1. The lowest BCUT2D eigenvalue weighted by atomic mass is 10.1. The molecule has 0 spiro atoms. The molecule has 0 atom stereocenters. The number of hydrogen-bond acceptors (Lipinski definition) is 5. The van der Waals surface area contributed by atoms with Crippen LogP contribution in [0, 0.1) is 13.8 Å². The van der Waals surface area contributed by atoms with Crippen molar-refractivity contribution in [3.05, 3.63) is 65.4 Å². The first-order valence-electron chi connectivity index (χ1n) is 9.11. The van der Waals surface area contributed by atoms with Gasteiger partial charge in [-0.15, -0.1) is 11.8 Å². The molecule has 28 heavy (non-hydrogen) atoms. The molecule has 0 radical (unpaired) electrons. The summed E-state index contributed by atoms with van der Waals surface area (Å²) in [5, 5.41) is 5.10. The van der Waals surface area contributed by atoms with Crippen LogP contribution in [0.2, 0.25) is 0 Å². The highest BCUT2D eigenvalue weighted by Crippen LogP contribution is 2.29. The summed E-state index contributed by atoms with van der Waals surface area (Å²) in [6, 6.07) is 15.7. The van der Waals surface area contributed by atoms with Gasteiger partial charge in [-0.3, -0.25) is 9.78 Å². The number of hydrazone groups is 1. The van der Waals surface area contributed by atoms with Crippen LogP contribution >= 0.6 is 11.8 Å². The van der Waals surface area contributed by atoms with Crippen LogP contribution in [0.25, 0.3) is 10.9 Å². The minimum Gasteiger partial charge on any atom is -0.494 e. The largest absolute Gasteiger partial charge is 0.494 e. The predicted octanol–water partition coefficient (Wildman–Crippen LogP) is 4.49. The maximum atomic E-state index is 12.2. The zero-order chi connectivity index (χ0) is 19.9. The molecule has 0 bridgehead atoms. The Balaban J connectivity index is 1.59. The van der Waals surface area contributed by atoms with Crippen LogP contribution in [-0.4, -0.2) is 29.5 Å². The van der Waals surface area contributed by atoms with E-state index in [0.29, 0.717) is 6.61 Å². The van der Waals surface area contributed by atoms with Crippen molar-refractivity contribution in [3.63, 3.8) is 0 Å². The Bertz CT molecular complexity index is 1000. The number of nitrogens with one attached hydrogen (secondary N) is 1. The number of carbonyl (C=O) groups is 1. The Morgan fingerprint density at radius 3 is 2.75 bits per heavy atom. The minimum atomic E-state index is -0.151. The Morgan fingerprint density at radius 1 is 1.21 bits per heavy atom. The van der Waals surface area contributed by atoms with Crippen LogP contribution in [0.15, 0.2) is 58.5 Å². The monoisotopic (exact) mass is 393 g/mol. The molecule has 0 aliphatic heterocycles. The Hall–Kier alpha value is -2.86. The number of amides is 1. The molecule has 0 saturated carbocycles. The van der Waals surface area contributed by atoms with E-state index in [4.69, 9.17) is 4.74 Å². The van der Waals surface area contributed by atoms with Gasteiger partial charge in [0.1, 0.15) is 5.75 Å². The number of benzene rings is 2. The van der Waals surface area contributed by atoms with Crippen molar-refractivity contribution >= 4 is 34.8 Å². The standard InChI is InChI=1S/C22H23N3O2S/c1-4-27-18-10-8-17(9-11-18)13-23-25-21(26)14-28-20-12-16(3)24-22-15(2)6-5-7-19(20)22/h5-13H,4,14H2,1-3H3,(H,25,26)/b23-13+. The first-order valence-corrected chi connectivity index (χ1v) is 10.1. The number of pyridine rings is 1. The van der Waals surface area contributed by atoms with Crippen molar-refractivity contribution in [2.75, 3.05) is 12.4 Å². The van der Waals surface area contributed by atoms with E-state index in [1.807, 2.05) is 69.3 Å². The molecule has 1 heterocycles. The number of ether oxygens (including phenoxy) is 1. The third kappa shape index (κ3) is 5.10. The van der Waals surface area contributed by atoms with Gasteiger partial charge < -0.3 is 4.74 Å². The Labute approximate surface area is 169 Å². The van der Waals surface area contributed by atoms with Gasteiger partial charge in [-0.1, -0.05) is 18.2 Å². The molecule has 0 unspecified atom stereocenters. The van der Waals surface area contributed by atoms with Crippen LogP contribution in [0.1, 0.15) is 23.7 Å². The fourth-order valence-electron chi connectivity index (χ4n) is 2.77. The Morgan fingerprint density at radius 2 is 2.00 bits per heavy atom. The molecule has 0 aliphatic carbocycles. The first-order chi connectivity index (χ1) is 13.6. The lowest BCUT2D eigenvalue weighted by molar-refractivity contribution is -0.118. The average molecular weight is 394 g/mol. The topological polar surface area (TPSA) is 63.6 Å². The lowest BCUT2D eigenvalue weighted by Crippen LogP contribution is -2.19. The third-order valence-corrected chi connectivity index (χ3v) is 5.14. The van der Waals surface area contributed by atoms with E-state index >= 15 is 0 Å². The first kappa shape index (κ1) is 19.9. The van der Waals surface area contributed by atoms with Gasteiger partial charge in [0.25, 0.3) is 0 Å². The maximum Gasteiger partial charge on any atom is 0.250 e. The summed E-state index contributed by atoms with van der Waals surface area (Å²) in [5.41, 5.74) is 6.53. The molecule has 2 aromatic carbocycles. The van der Waals surface area contributed by atoms with E-state index in [2.05, 4.69) is 15.5 Å². The summed E-state index contributed by atoms with van der Waals surface area (Å²) in [7, 11) is 0. The summed E-state index contributed by atoms with van der Waals surface area (Å²) < 4.78 is 5.40. The van der Waals surface area contributed by atoms with Crippen molar-refractivity contribution in [3.8, 4) is 5.75 Å². The normalized spacial score (nSPS) is 11.1. The number of fused-ring (bicyclic) bond motifs is 1. The van der Waals surface area contributed by atoms with Gasteiger partial charge in [0, 0.05) is 16.0 Å². The molecule has 1 aromatic heterocycles. The van der Waals surface area contributed by atoms with E-state index in [1.54, 1.807) is 6.21 Å². The molecular weight excluding hydrogens is 370 g/mol. The van der Waals surface area contributed by atoms with Crippen molar-refractivity contribution < 1.29 is 9.53 Å². The van der Waals surface area contributed by atoms with Crippen molar-refractivity contribution in [2.24, 2.45) is 5.10 Å². The van der Waals surface area contributed by atoms with E-state index in [0.717, 1.165) is 38.4 Å². The van der Waals surface area contributed by atoms with Gasteiger partial charge >= 0.3 is 0 Å².